The van der Waals surface area contributed by atoms with E-state index in [2.05, 4.69) is 5.32 Å². The number of Topliss-reactive ketones (excluding diaryl/α,β-unsaturated/α-hetero) is 1. The van der Waals surface area contributed by atoms with E-state index in [0.717, 1.165) is 34.0 Å². The lowest BCUT2D eigenvalue weighted by Gasteiger charge is -2.29. The fraction of sp³-hybridized carbons (Fsp3) is 0.0500. The van der Waals surface area contributed by atoms with E-state index in [1.807, 2.05) is 0 Å². The second-order valence-electron chi connectivity index (χ2n) is 6.38. The Hall–Kier alpha value is -2.75. The molecule has 4 rings (SSSR count). The number of nitrogens with zero attached hydrogens (tertiary/aromatic N) is 1. The number of hydrogen-bond donors (Lipinski definition) is 1. The third-order valence-electron chi connectivity index (χ3n) is 4.44. The first kappa shape index (κ1) is 20.5. The van der Waals surface area contributed by atoms with Gasteiger partial charge in [-0.1, -0.05) is 23.7 Å². The molecule has 0 aliphatic carbocycles. The number of ketones is 1. The van der Waals surface area contributed by atoms with E-state index in [0.29, 0.717) is 16.3 Å². The first-order valence-corrected chi connectivity index (χ1v) is 11.3. The Morgan fingerprint density at radius 1 is 1.07 bits per heavy atom. The lowest BCUT2D eigenvalue weighted by Crippen LogP contribution is -2.38. The molecular formula is C20H13ClF2N2O3S2. The van der Waals surface area contributed by atoms with E-state index in [9.17, 15) is 22.0 Å². The van der Waals surface area contributed by atoms with Crippen LogP contribution in [0.25, 0.3) is 0 Å². The Labute approximate surface area is 180 Å². The van der Waals surface area contributed by atoms with Gasteiger partial charge in [-0.25, -0.2) is 17.2 Å². The topological polar surface area (TPSA) is 66.5 Å². The van der Waals surface area contributed by atoms with Gasteiger partial charge in [0.25, 0.3) is 10.0 Å². The molecule has 1 aromatic heterocycles. The molecule has 154 valence electrons. The van der Waals surface area contributed by atoms with Crippen LogP contribution in [0, 0.1) is 11.6 Å². The van der Waals surface area contributed by atoms with Crippen LogP contribution < -0.4 is 9.62 Å². The van der Waals surface area contributed by atoms with Gasteiger partial charge < -0.3 is 5.32 Å². The smallest absolute Gasteiger partial charge is 0.270 e. The second-order valence-corrected chi connectivity index (χ2v) is 9.57. The highest BCUT2D eigenvalue weighted by atomic mass is 35.5. The average molecular weight is 467 g/mol. The van der Waals surface area contributed by atoms with E-state index < -0.39 is 32.3 Å². The normalized spacial score (nSPS) is 16.6. The molecule has 2 aromatic carbocycles. The van der Waals surface area contributed by atoms with Crippen LogP contribution in [0.5, 0.6) is 0 Å². The van der Waals surface area contributed by atoms with Gasteiger partial charge in [-0.15, -0.1) is 11.3 Å². The van der Waals surface area contributed by atoms with Crippen molar-refractivity contribution in [3.63, 3.8) is 0 Å². The summed E-state index contributed by atoms with van der Waals surface area (Å²) in [5.74, 6) is -2.80. The van der Waals surface area contributed by atoms with Crippen LogP contribution in [0.2, 0.25) is 5.02 Å². The Kier molecular flexibility index (Phi) is 5.35. The lowest BCUT2D eigenvalue weighted by atomic mass is 10.2. The largest absolute Gasteiger partial charge is 0.360 e. The average Bonchev–Trinajstić information content (AvgIpc) is 3.19. The minimum absolute atomic E-state index is 0.000960. The minimum Gasteiger partial charge on any atom is -0.360 e. The van der Waals surface area contributed by atoms with Crippen molar-refractivity contribution in [2.75, 3.05) is 9.62 Å². The number of sulfonamides is 1. The lowest BCUT2D eigenvalue weighted by molar-refractivity contribution is 0.104. The van der Waals surface area contributed by atoms with Gasteiger partial charge in [0.2, 0.25) is 5.78 Å². The van der Waals surface area contributed by atoms with E-state index >= 15 is 0 Å². The summed E-state index contributed by atoms with van der Waals surface area (Å²) in [6, 6.07) is 11.3. The number of benzene rings is 2. The molecule has 1 aliphatic heterocycles. The van der Waals surface area contributed by atoms with Crippen molar-refractivity contribution in [1.82, 2.24) is 0 Å². The van der Waals surface area contributed by atoms with Crippen LogP contribution in [-0.4, -0.2) is 14.2 Å². The molecule has 30 heavy (non-hydrogen) atoms. The fourth-order valence-electron chi connectivity index (χ4n) is 2.95. The quantitative estimate of drug-likeness (QED) is 0.539. The predicted molar refractivity (Wildman–Crippen MR) is 113 cm³/mol. The molecule has 1 N–H and O–H groups in total. The zero-order valence-electron chi connectivity index (χ0n) is 15.1. The standard InChI is InChI=1S/C20H13ClF2N2O3S2/c21-13-3-1-12(2-4-13)11-25-17-7-8-29-20(17)19(26)18(30(25,27)28)10-24-14-5-6-15(22)16(23)9-14/h1-10,24H,11H2/b18-10-. The van der Waals surface area contributed by atoms with Gasteiger partial charge in [-0.3, -0.25) is 9.10 Å². The van der Waals surface area contributed by atoms with Crippen molar-refractivity contribution in [3.05, 3.63) is 92.1 Å². The molecule has 0 atom stereocenters. The summed E-state index contributed by atoms with van der Waals surface area (Å²) in [7, 11) is -4.21. The van der Waals surface area contributed by atoms with Crippen molar-refractivity contribution in [1.29, 1.82) is 0 Å². The van der Waals surface area contributed by atoms with Crippen LogP contribution in [-0.2, 0) is 16.6 Å². The van der Waals surface area contributed by atoms with Gasteiger partial charge in [-0.2, -0.15) is 0 Å². The maximum absolute atomic E-state index is 13.4. The van der Waals surface area contributed by atoms with Gasteiger partial charge >= 0.3 is 0 Å². The van der Waals surface area contributed by atoms with Gasteiger partial charge in [0.1, 0.15) is 4.88 Å². The summed E-state index contributed by atoms with van der Waals surface area (Å²) < 4.78 is 54.2. The SMILES string of the molecule is O=C1/C(=C/Nc2ccc(F)c(F)c2)S(=O)(=O)N(Cc2ccc(Cl)cc2)c2ccsc21. The maximum atomic E-state index is 13.4. The molecule has 0 amide bonds. The van der Waals surface area contributed by atoms with Crippen LogP contribution in [0.15, 0.2) is 65.0 Å². The number of fused-ring (bicyclic) bond motifs is 1. The zero-order valence-corrected chi connectivity index (χ0v) is 17.5. The number of hydrogen-bond acceptors (Lipinski definition) is 5. The summed E-state index contributed by atoms with van der Waals surface area (Å²) in [5, 5.41) is 4.73. The van der Waals surface area contributed by atoms with Crippen LogP contribution >= 0.6 is 22.9 Å². The first-order chi connectivity index (χ1) is 14.3. The fourth-order valence-corrected chi connectivity index (χ4v) is 5.56. The predicted octanol–water partition coefficient (Wildman–Crippen LogP) is 5.17. The number of carbonyl (C=O) groups is 1. The van der Waals surface area contributed by atoms with Crippen molar-refractivity contribution in [2.45, 2.75) is 6.54 Å². The number of anilines is 2. The van der Waals surface area contributed by atoms with Crippen LogP contribution in [0.4, 0.5) is 20.2 Å². The Bertz CT molecular complexity index is 1270. The summed E-state index contributed by atoms with van der Waals surface area (Å²) in [6.45, 7) is -0.000960. The molecule has 3 aromatic rings. The summed E-state index contributed by atoms with van der Waals surface area (Å²) in [6.07, 6.45) is 1.00. The number of rotatable bonds is 4. The van der Waals surface area contributed by atoms with Gasteiger partial charge in [0, 0.05) is 23.0 Å². The van der Waals surface area contributed by atoms with Gasteiger partial charge in [0.15, 0.2) is 16.5 Å². The van der Waals surface area contributed by atoms with E-state index in [4.69, 9.17) is 11.6 Å². The third-order valence-corrected chi connectivity index (χ3v) is 7.36. The van der Waals surface area contributed by atoms with Gasteiger partial charge in [0.05, 0.1) is 12.2 Å². The molecule has 0 radical (unpaired) electrons. The zero-order chi connectivity index (χ0) is 21.5. The van der Waals surface area contributed by atoms with E-state index in [1.165, 1.54) is 6.07 Å². The molecule has 0 saturated heterocycles. The number of nitrogens with one attached hydrogen (secondary N) is 1. The molecule has 10 heteroatoms. The highest BCUT2D eigenvalue weighted by molar-refractivity contribution is 7.97. The van der Waals surface area contributed by atoms with Crippen molar-refractivity contribution < 1.29 is 22.0 Å². The summed E-state index contributed by atoms with van der Waals surface area (Å²) >= 11 is 7.02. The van der Waals surface area contributed by atoms with Crippen LogP contribution in [0.3, 0.4) is 0 Å². The Balaban J connectivity index is 1.73. The number of carbonyl (C=O) groups excluding carboxylic acids is 1. The van der Waals surface area contributed by atoms with Crippen molar-refractivity contribution >= 4 is 50.1 Å². The third kappa shape index (κ3) is 3.71. The highest BCUT2D eigenvalue weighted by Crippen LogP contribution is 2.39. The van der Waals surface area contributed by atoms with E-state index in [-0.39, 0.29) is 17.1 Å². The monoisotopic (exact) mass is 466 g/mol. The highest BCUT2D eigenvalue weighted by Gasteiger charge is 2.41. The van der Waals surface area contributed by atoms with Crippen molar-refractivity contribution in [2.24, 2.45) is 0 Å². The molecule has 2 heterocycles. The van der Waals surface area contributed by atoms with Gasteiger partial charge in [-0.05, 0) is 41.3 Å². The molecular weight excluding hydrogens is 454 g/mol. The van der Waals surface area contributed by atoms with Crippen molar-refractivity contribution in [3.8, 4) is 0 Å². The molecule has 0 saturated carbocycles. The number of halogens is 3. The number of allylic oxidation sites excluding steroid dienone is 1. The Morgan fingerprint density at radius 2 is 1.80 bits per heavy atom. The first-order valence-electron chi connectivity index (χ1n) is 8.58. The molecule has 0 unspecified atom stereocenters. The molecule has 0 fully saturated rings. The Morgan fingerprint density at radius 3 is 2.50 bits per heavy atom. The number of thiophene rings is 1. The maximum Gasteiger partial charge on any atom is 0.270 e. The van der Waals surface area contributed by atoms with E-state index in [1.54, 1.807) is 35.7 Å². The molecule has 1 aliphatic rings. The second kappa shape index (κ2) is 7.82. The molecule has 5 nitrogen and oxygen atoms in total. The van der Waals surface area contributed by atoms with Crippen LogP contribution in [0.1, 0.15) is 15.2 Å². The molecule has 0 spiro atoms. The summed E-state index contributed by atoms with van der Waals surface area (Å²) in [5.41, 5.74) is 1.08. The minimum atomic E-state index is -4.21. The molecule has 0 bridgehead atoms. The summed E-state index contributed by atoms with van der Waals surface area (Å²) in [4.78, 5) is 12.6.